The molecule has 0 amide bonds. The van der Waals surface area contributed by atoms with E-state index in [0.29, 0.717) is 11.1 Å². The Labute approximate surface area is 128 Å². The van der Waals surface area contributed by atoms with Crippen LogP contribution in [0.15, 0.2) is 48.5 Å². The van der Waals surface area contributed by atoms with Gasteiger partial charge in [-0.25, -0.2) is 0 Å². The molecule has 2 nitrogen and oxygen atoms in total. The quantitative estimate of drug-likeness (QED) is 0.617. The summed E-state index contributed by atoms with van der Waals surface area (Å²) in [5.41, 5.74) is 5.71. The van der Waals surface area contributed by atoms with E-state index < -0.39 is 0 Å². The molecule has 0 spiro atoms. The van der Waals surface area contributed by atoms with E-state index in [4.69, 9.17) is 0 Å². The molecule has 0 saturated carbocycles. The highest BCUT2D eigenvalue weighted by Gasteiger charge is 2.31. The fraction of sp³-hybridized carbons (Fsp3) is 0.100. The summed E-state index contributed by atoms with van der Waals surface area (Å²) in [6.45, 7) is 4.17. The van der Waals surface area contributed by atoms with Gasteiger partial charge in [0.15, 0.2) is 0 Å². The van der Waals surface area contributed by atoms with Gasteiger partial charge in [-0.1, -0.05) is 42.5 Å². The number of carbonyl (C=O) groups is 2. The number of ketones is 2. The maximum Gasteiger partial charge on any atom is 0.234 e. The summed E-state index contributed by atoms with van der Waals surface area (Å²) in [4.78, 5) is 24.2. The van der Waals surface area contributed by atoms with Crippen LogP contribution in [0.1, 0.15) is 31.8 Å². The highest BCUT2D eigenvalue weighted by atomic mass is 16.2. The first-order chi connectivity index (χ1) is 10.6. The monoisotopic (exact) mass is 286 g/mol. The zero-order valence-electron chi connectivity index (χ0n) is 12.4. The second-order valence-electron chi connectivity index (χ2n) is 5.81. The lowest BCUT2D eigenvalue weighted by Crippen LogP contribution is -2.05. The van der Waals surface area contributed by atoms with Crippen LogP contribution in [0.2, 0.25) is 0 Å². The molecule has 0 atom stereocenters. The summed E-state index contributed by atoms with van der Waals surface area (Å²) in [7, 11) is 0. The molecule has 106 valence electrons. The van der Waals surface area contributed by atoms with Crippen LogP contribution in [-0.4, -0.2) is 11.6 Å². The minimum absolute atomic E-state index is 0.390. The number of carbonyl (C=O) groups excluding carboxylic acids is 2. The Bertz CT molecular complexity index is 940. The fourth-order valence-electron chi connectivity index (χ4n) is 3.49. The smallest absolute Gasteiger partial charge is 0.234 e. The number of rotatable bonds is 1. The summed E-state index contributed by atoms with van der Waals surface area (Å²) < 4.78 is 0. The van der Waals surface area contributed by atoms with Crippen molar-refractivity contribution in [3.8, 4) is 11.1 Å². The molecule has 2 heteroatoms. The molecule has 0 bridgehead atoms. The van der Waals surface area contributed by atoms with Gasteiger partial charge < -0.3 is 0 Å². The van der Waals surface area contributed by atoms with Gasteiger partial charge in [-0.2, -0.15) is 0 Å². The summed E-state index contributed by atoms with van der Waals surface area (Å²) in [6, 6.07) is 15.6. The minimum atomic E-state index is -0.390. The lowest BCUT2D eigenvalue weighted by Gasteiger charge is -2.13. The molecule has 0 N–H and O–H groups in total. The van der Waals surface area contributed by atoms with Crippen molar-refractivity contribution in [2.75, 3.05) is 0 Å². The van der Waals surface area contributed by atoms with Gasteiger partial charge in [0.2, 0.25) is 11.6 Å². The molecule has 3 aromatic rings. The number of Topliss-reactive ketones (excluding diaryl/α,β-unsaturated/α-hetero) is 2. The molecule has 0 saturated heterocycles. The van der Waals surface area contributed by atoms with Crippen LogP contribution in [0.4, 0.5) is 0 Å². The maximum atomic E-state index is 12.1. The summed E-state index contributed by atoms with van der Waals surface area (Å²) >= 11 is 0. The van der Waals surface area contributed by atoms with Crippen molar-refractivity contribution in [2.24, 2.45) is 0 Å². The van der Waals surface area contributed by atoms with Crippen LogP contribution in [0, 0.1) is 13.8 Å². The van der Waals surface area contributed by atoms with Crippen molar-refractivity contribution in [3.05, 3.63) is 70.8 Å². The van der Waals surface area contributed by atoms with Gasteiger partial charge in [0.25, 0.3) is 0 Å². The molecule has 3 aromatic carbocycles. The molecule has 4 rings (SSSR count). The molecular formula is C20H14O2. The van der Waals surface area contributed by atoms with Gasteiger partial charge in [-0.15, -0.1) is 0 Å². The SMILES string of the molecule is Cc1cccc(C)c1-c1ccc2c3c(cccc13)C(=O)C2=O. The number of benzene rings is 3. The lowest BCUT2D eigenvalue weighted by molar-refractivity contribution is 0.0825. The van der Waals surface area contributed by atoms with E-state index in [1.165, 1.54) is 16.7 Å². The standard InChI is InChI=1S/C20H14O2/c1-11-5-3-6-12(2)17(11)14-9-10-16-18-13(14)7-4-8-15(18)19(21)20(16)22/h3-10H,1-2H3. The largest absolute Gasteiger partial charge is 0.285 e. The van der Waals surface area contributed by atoms with Crippen molar-refractivity contribution in [2.45, 2.75) is 13.8 Å². The molecule has 0 fully saturated rings. The molecule has 0 heterocycles. The predicted octanol–water partition coefficient (Wildman–Crippen LogP) is 4.50. The highest BCUT2D eigenvalue weighted by Crippen LogP contribution is 2.39. The number of hydrogen-bond donors (Lipinski definition) is 0. The van der Waals surface area contributed by atoms with E-state index in [-0.39, 0.29) is 11.6 Å². The molecule has 1 aliphatic carbocycles. The molecule has 1 aliphatic rings. The molecule has 0 radical (unpaired) electrons. The van der Waals surface area contributed by atoms with Crippen molar-refractivity contribution in [3.63, 3.8) is 0 Å². The zero-order valence-corrected chi connectivity index (χ0v) is 12.4. The highest BCUT2D eigenvalue weighted by molar-refractivity contribution is 6.57. The first-order valence-electron chi connectivity index (χ1n) is 7.31. The Morgan fingerprint density at radius 3 is 1.86 bits per heavy atom. The van der Waals surface area contributed by atoms with Crippen LogP contribution >= 0.6 is 0 Å². The van der Waals surface area contributed by atoms with E-state index in [2.05, 4.69) is 26.0 Å². The van der Waals surface area contributed by atoms with Crippen molar-refractivity contribution >= 4 is 22.3 Å². The fourth-order valence-corrected chi connectivity index (χ4v) is 3.49. The Balaban J connectivity index is 2.16. The topological polar surface area (TPSA) is 34.1 Å². The van der Waals surface area contributed by atoms with Gasteiger partial charge in [0.05, 0.1) is 0 Å². The zero-order chi connectivity index (χ0) is 15.4. The van der Waals surface area contributed by atoms with Crippen LogP contribution in [-0.2, 0) is 0 Å². The van der Waals surface area contributed by atoms with Gasteiger partial charge in [0, 0.05) is 16.5 Å². The normalized spacial score (nSPS) is 13.2. The van der Waals surface area contributed by atoms with E-state index in [1.807, 2.05) is 24.3 Å². The van der Waals surface area contributed by atoms with Crippen molar-refractivity contribution in [1.82, 2.24) is 0 Å². The van der Waals surface area contributed by atoms with Crippen molar-refractivity contribution in [1.29, 1.82) is 0 Å². The first kappa shape index (κ1) is 13.0. The van der Waals surface area contributed by atoms with Crippen LogP contribution in [0.3, 0.4) is 0 Å². The third-order valence-corrected chi connectivity index (χ3v) is 4.49. The summed E-state index contributed by atoms with van der Waals surface area (Å²) in [6.07, 6.45) is 0. The van der Waals surface area contributed by atoms with Crippen LogP contribution < -0.4 is 0 Å². The second-order valence-corrected chi connectivity index (χ2v) is 5.81. The Kier molecular flexibility index (Phi) is 2.58. The summed E-state index contributed by atoms with van der Waals surface area (Å²) in [5, 5.41) is 1.78. The van der Waals surface area contributed by atoms with E-state index >= 15 is 0 Å². The van der Waals surface area contributed by atoms with Crippen LogP contribution in [0.5, 0.6) is 0 Å². The average molecular weight is 286 g/mol. The molecular weight excluding hydrogens is 272 g/mol. The van der Waals surface area contributed by atoms with Gasteiger partial charge in [-0.3, -0.25) is 9.59 Å². The maximum absolute atomic E-state index is 12.1. The summed E-state index contributed by atoms with van der Waals surface area (Å²) in [5.74, 6) is -0.779. The number of hydrogen-bond acceptors (Lipinski definition) is 2. The molecule has 0 aromatic heterocycles. The minimum Gasteiger partial charge on any atom is -0.285 e. The Morgan fingerprint density at radius 1 is 0.636 bits per heavy atom. The number of aryl methyl sites for hydroxylation is 2. The van der Waals surface area contributed by atoms with E-state index in [0.717, 1.165) is 16.3 Å². The first-order valence-corrected chi connectivity index (χ1v) is 7.31. The second kappa shape index (κ2) is 4.38. The van der Waals surface area contributed by atoms with Gasteiger partial charge in [0.1, 0.15) is 0 Å². The van der Waals surface area contributed by atoms with Gasteiger partial charge in [-0.05, 0) is 47.6 Å². The predicted molar refractivity (Wildman–Crippen MR) is 87.5 cm³/mol. The molecule has 0 aliphatic heterocycles. The van der Waals surface area contributed by atoms with Crippen LogP contribution in [0.25, 0.3) is 21.9 Å². The lowest BCUT2D eigenvalue weighted by atomic mass is 9.90. The Hall–Kier alpha value is -2.74. The third kappa shape index (κ3) is 1.55. The van der Waals surface area contributed by atoms with E-state index in [9.17, 15) is 9.59 Å². The molecule has 22 heavy (non-hydrogen) atoms. The van der Waals surface area contributed by atoms with Gasteiger partial charge >= 0.3 is 0 Å². The third-order valence-electron chi connectivity index (χ3n) is 4.49. The Morgan fingerprint density at radius 2 is 1.18 bits per heavy atom. The average Bonchev–Trinajstić information content (AvgIpc) is 2.76. The van der Waals surface area contributed by atoms with E-state index in [1.54, 1.807) is 12.1 Å². The molecule has 0 unspecified atom stereocenters. The van der Waals surface area contributed by atoms with Crippen molar-refractivity contribution < 1.29 is 9.59 Å².